The standard InChI is InChI=1S/C19H19N5O3/c1-13-6-8-14(9-7-13)22-19(27)23-17(25)10-20-11-24-12-21-16-5-3-2-4-15(16)18(24)26/h2-9,12,20H,10-11H2,1H3,(H2,22,23,25,27). The van der Waals surface area contributed by atoms with E-state index in [2.05, 4.69) is 20.9 Å². The average Bonchev–Trinajstić information content (AvgIpc) is 2.65. The van der Waals surface area contributed by atoms with Crippen molar-refractivity contribution in [1.29, 1.82) is 0 Å². The first-order valence-corrected chi connectivity index (χ1v) is 8.35. The van der Waals surface area contributed by atoms with Crippen molar-refractivity contribution >= 4 is 28.5 Å². The van der Waals surface area contributed by atoms with E-state index in [0.29, 0.717) is 16.6 Å². The Hall–Kier alpha value is -3.52. The van der Waals surface area contributed by atoms with Gasteiger partial charge in [0.05, 0.1) is 30.4 Å². The van der Waals surface area contributed by atoms with Crippen molar-refractivity contribution in [2.75, 3.05) is 11.9 Å². The fraction of sp³-hybridized carbons (Fsp3) is 0.158. The number of fused-ring (bicyclic) bond motifs is 1. The lowest BCUT2D eigenvalue weighted by Crippen LogP contribution is -2.41. The van der Waals surface area contributed by atoms with Crippen LogP contribution in [0.25, 0.3) is 10.9 Å². The van der Waals surface area contributed by atoms with E-state index in [-0.39, 0.29) is 18.8 Å². The molecular weight excluding hydrogens is 346 g/mol. The number of aryl methyl sites for hydroxylation is 1. The fourth-order valence-corrected chi connectivity index (χ4v) is 2.48. The van der Waals surface area contributed by atoms with Crippen LogP contribution >= 0.6 is 0 Å². The van der Waals surface area contributed by atoms with Gasteiger partial charge in [-0.25, -0.2) is 9.78 Å². The maximum Gasteiger partial charge on any atom is 0.325 e. The fourth-order valence-electron chi connectivity index (χ4n) is 2.48. The van der Waals surface area contributed by atoms with Gasteiger partial charge in [-0.2, -0.15) is 0 Å². The number of hydrogen-bond acceptors (Lipinski definition) is 5. The molecule has 1 heterocycles. The molecule has 0 fully saturated rings. The molecule has 0 bridgehead atoms. The third-order valence-electron chi connectivity index (χ3n) is 3.86. The molecule has 8 nitrogen and oxygen atoms in total. The second kappa shape index (κ2) is 8.24. The summed E-state index contributed by atoms with van der Waals surface area (Å²) < 4.78 is 1.36. The SMILES string of the molecule is Cc1ccc(NC(=O)NC(=O)CNCn2cnc3ccccc3c2=O)cc1. The minimum absolute atomic E-state index is 0.101. The summed E-state index contributed by atoms with van der Waals surface area (Å²) in [6, 6.07) is 13.6. The minimum Gasteiger partial charge on any atom is -0.308 e. The maximum absolute atomic E-state index is 12.3. The van der Waals surface area contributed by atoms with Crippen molar-refractivity contribution in [3.8, 4) is 0 Å². The molecule has 3 rings (SSSR count). The van der Waals surface area contributed by atoms with Crippen LogP contribution in [0.5, 0.6) is 0 Å². The number of benzene rings is 2. The summed E-state index contributed by atoms with van der Waals surface area (Å²) in [6.45, 7) is 1.92. The molecule has 0 spiro atoms. The van der Waals surface area contributed by atoms with Gasteiger partial charge in [-0.05, 0) is 31.2 Å². The lowest BCUT2D eigenvalue weighted by Gasteiger charge is -2.09. The summed E-state index contributed by atoms with van der Waals surface area (Å²) in [5.41, 5.74) is 2.07. The molecular formula is C19H19N5O3. The summed E-state index contributed by atoms with van der Waals surface area (Å²) in [6.07, 6.45) is 1.42. The number of para-hydroxylation sites is 1. The van der Waals surface area contributed by atoms with Crippen LogP contribution in [-0.2, 0) is 11.5 Å². The number of urea groups is 1. The van der Waals surface area contributed by atoms with Crippen LogP contribution in [0.4, 0.5) is 10.5 Å². The zero-order valence-electron chi connectivity index (χ0n) is 14.7. The van der Waals surface area contributed by atoms with Crippen LogP contribution in [0.2, 0.25) is 0 Å². The van der Waals surface area contributed by atoms with Crippen molar-refractivity contribution in [2.45, 2.75) is 13.6 Å². The molecule has 8 heteroatoms. The van der Waals surface area contributed by atoms with Crippen LogP contribution in [0.3, 0.4) is 0 Å². The Morgan fingerprint density at radius 3 is 2.59 bits per heavy atom. The van der Waals surface area contributed by atoms with E-state index in [9.17, 15) is 14.4 Å². The summed E-state index contributed by atoms with van der Waals surface area (Å²) >= 11 is 0. The highest BCUT2D eigenvalue weighted by atomic mass is 16.2. The first kappa shape index (κ1) is 18.3. The quantitative estimate of drug-likeness (QED) is 0.637. The second-order valence-corrected chi connectivity index (χ2v) is 5.99. The van der Waals surface area contributed by atoms with E-state index in [1.807, 2.05) is 25.1 Å². The Bertz CT molecular complexity index is 1030. The van der Waals surface area contributed by atoms with Gasteiger partial charge in [-0.3, -0.25) is 24.8 Å². The van der Waals surface area contributed by atoms with E-state index in [0.717, 1.165) is 5.56 Å². The Labute approximate surface area is 155 Å². The molecule has 138 valence electrons. The molecule has 0 aliphatic rings. The Morgan fingerprint density at radius 1 is 1.07 bits per heavy atom. The third kappa shape index (κ3) is 4.77. The van der Waals surface area contributed by atoms with Gasteiger partial charge < -0.3 is 5.32 Å². The van der Waals surface area contributed by atoms with Crippen LogP contribution in [-0.4, -0.2) is 28.0 Å². The third-order valence-corrected chi connectivity index (χ3v) is 3.86. The Morgan fingerprint density at radius 2 is 1.81 bits per heavy atom. The second-order valence-electron chi connectivity index (χ2n) is 5.99. The number of hydrogen-bond donors (Lipinski definition) is 3. The summed E-state index contributed by atoms with van der Waals surface area (Å²) in [4.78, 5) is 40.2. The van der Waals surface area contributed by atoms with Gasteiger partial charge in [0.1, 0.15) is 0 Å². The van der Waals surface area contributed by atoms with E-state index < -0.39 is 11.9 Å². The van der Waals surface area contributed by atoms with Crippen molar-refractivity contribution in [3.63, 3.8) is 0 Å². The average molecular weight is 365 g/mol. The van der Waals surface area contributed by atoms with Crippen LogP contribution in [0.15, 0.2) is 59.7 Å². The minimum atomic E-state index is -0.616. The predicted octanol–water partition coefficient (Wildman–Crippen LogP) is 1.60. The van der Waals surface area contributed by atoms with Crippen LogP contribution < -0.4 is 21.5 Å². The summed E-state index contributed by atoms with van der Waals surface area (Å²) in [5.74, 6) is -0.513. The number of carbonyl (C=O) groups is 2. The molecule has 27 heavy (non-hydrogen) atoms. The number of carbonyl (C=O) groups excluding carboxylic acids is 2. The number of nitrogens with one attached hydrogen (secondary N) is 3. The zero-order valence-corrected chi connectivity index (χ0v) is 14.7. The molecule has 0 radical (unpaired) electrons. The highest BCUT2D eigenvalue weighted by molar-refractivity contribution is 6.01. The molecule has 0 aliphatic heterocycles. The van der Waals surface area contributed by atoms with Gasteiger partial charge in [0.2, 0.25) is 5.91 Å². The molecule has 3 N–H and O–H groups in total. The van der Waals surface area contributed by atoms with Crippen molar-refractivity contribution < 1.29 is 9.59 Å². The largest absolute Gasteiger partial charge is 0.325 e. The first-order valence-electron chi connectivity index (χ1n) is 8.35. The van der Waals surface area contributed by atoms with Gasteiger partial charge in [0.15, 0.2) is 0 Å². The molecule has 0 saturated heterocycles. The normalized spacial score (nSPS) is 10.6. The van der Waals surface area contributed by atoms with E-state index in [4.69, 9.17) is 0 Å². The van der Waals surface area contributed by atoms with Crippen molar-refractivity contribution in [2.24, 2.45) is 0 Å². The highest BCUT2D eigenvalue weighted by Crippen LogP contribution is 2.08. The van der Waals surface area contributed by atoms with Gasteiger partial charge >= 0.3 is 6.03 Å². The number of rotatable bonds is 5. The monoisotopic (exact) mass is 365 g/mol. The maximum atomic E-state index is 12.3. The topological polar surface area (TPSA) is 105 Å². The molecule has 2 aromatic carbocycles. The molecule has 3 amide bonds. The summed E-state index contributed by atoms with van der Waals surface area (Å²) in [5, 5.41) is 8.11. The number of aromatic nitrogens is 2. The van der Waals surface area contributed by atoms with E-state index >= 15 is 0 Å². The van der Waals surface area contributed by atoms with Crippen LogP contribution in [0, 0.1) is 6.92 Å². The van der Waals surface area contributed by atoms with Crippen molar-refractivity contribution in [3.05, 3.63) is 70.8 Å². The van der Waals surface area contributed by atoms with Gasteiger partial charge in [0.25, 0.3) is 5.56 Å². The van der Waals surface area contributed by atoms with Crippen molar-refractivity contribution in [1.82, 2.24) is 20.2 Å². The lowest BCUT2D eigenvalue weighted by molar-refractivity contribution is -0.119. The number of imide groups is 1. The smallest absolute Gasteiger partial charge is 0.308 e. The number of nitrogens with zero attached hydrogens (tertiary/aromatic N) is 2. The first-order chi connectivity index (χ1) is 13.0. The number of anilines is 1. The van der Waals surface area contributed by atoms with Gasteiger partial charge in [-0.1, -0.05) is 29.8 Å². The molecule has 0 unspecified atom stereocenters. The summed E-state index contributed by atoms with van der Waals surface area (Å²) in [7, 11) is 0. The Kier molecular flexibility index (Phi) is 5.58. The van der Waals surface area contributed by atoms with Gasteiger partial charge in [0, 0.05) is 5.69 Å². The molecule has 0 atom stereocenters. The van der Waals surface area contributed by atoms with Crippen LogP contribution in [0.1, 0.15) is 5.56 Å². The highest BCUT2D eigenvalue weighted by Gasteiger charge is 2.08. The molecule has 1 aromatic heterocycles. The zero-order chi connectivity index (χ0) is 19.2. The van der Waals surface area contributed by atoms with E-state index in [1.165, 1.54) is 10.9 Å². The molecule has 0 saturated carbocycles. The Balaban J connectivity index is 1.49. The molecule has 3 aromatic rings. The predicted molar refractivity (Wildman–Crippen MR) is 102 cm³/mol. The van der Waals surface area contributed by atoms with E-state index in [1.54, 1.807) is 30.3 Å². The number of amides is 3. The van der Waals surface area contributed by atoms with Gasteiger partial charge in [-0.15, -0.1) is 0 Å². The lowest BCUT2D eigenvalue weighted by atomic mass is 10.2. The molecule has 0 aliphatic carbocycles.